The monoisotopic (exact) mass is 336 g/mol. The van der Waals surface area contributed by atoms with Gasteiger partial charge in [0.2, 0.25) is 0 Å². The summed E-state index contributed by atoms with van der Waals surface area (Å²) in [5, 5.41) is 0.761. The number of nitrogens with one attached hydrogen (secondary N) is 1. The third-order valence-electron chi connectivity index (χ3n) is 3.59. The average Bonchev–Trinajstić information content (AvgIpc) is 3.01. The predicted molar refractivity (Wildman–Crippen MR) is 97.1 cm³/mol. The largest absolute Gasteiger partial charge is 0.338 e. The molecule has 2 nitrogen and oxygen atoms in total. The molecule has 0 aliphatic carbocycles. The van der Waals surface area contributed by atoms with E-state index in [9.17, 15) is 0 Å². The summed E-state index contributed by atoms with van der Waals surface area (Å²) in [5.41, 5.74) is 3.09. The van der Waals surface area contributed by atoms with Crippen LogP contribution in [0.25, 0.3) is 22.4 Å². The Morgan fingerprint density at radius 2 is 1.48 bits per heavy atom. The minimum atomic E-state index is 0.761. The second-order valence-corrected chi connectivity index (χ2v) is 6.62. The van der Waals surface area contributed by atoms with Gasteiger partial charge in [0, 0.05) is 15.4 Å². The number of aromatic nitrogens is 2. The standard InChI is InChI=1S/C19H13ClN2S/c20-14-8-2-6-12-18(14)23-17-11-5-1-7-13(17)19-21-15-9-3-4-10-16(15)22-19/h1-12H,(H,21,22). The van der Waals surface area contributed by atoms with Crippen LogP contribution in [0.3, 0.4) is 0 Å². The Balaban J connectivity index is 1.79. The van der Waals surface area contributed by atoms with Crippen molar-refractivity contribution in [2.45, 2.75) is 9.79 Å². The molecule has 0 unspecified atom stereocenters. The van der Waals surface area contributed by atoms with Crippen molar-refractivity contribution >= 4 is 34.4 Å². The summed E-state index contributed by atoms with van der Waals surface area (Å²) in [6.45, 7) is 0. The molecule has 0 amide bonds. The van der Waals surface area contributed by atoms with E-state index in [1.807, 2.05) is 60.7 Å². The number of hydrogen-bond acceptors (Lipinski definition) is 2. The lowest BCUT2D eigenvalue weighted by molar-refractivity contribution is 1.29. The second kappa shape index (κ2) is 6.11. The summed E-state index contributed by atoms with van der Waals surface area (Å²) < 4.78 is 0. The highest BCUT2D eigenvalue weighted by atomic mass is 35.5. The SMILES string of the molecule is Clc1ccccc1Sc1ccccc1-c1nc2ccccc2[nH]1. The van der Waals surface area contributed by atoms with Crippen molar-refractivity contribution in [1.82, 2.24) is 9.97 Å². The lowest BCUT2D eigenvalue weighted by Crippen LogP contribution is -1.85. The molecule has 0 aliphatic rings. The minimum Gasteiger partial charge on any atom is -0.338 e. The van der Waals surface area contributed by atoms with Crippen LogP contribution in [-0.2, 0) is 0 Å². The van der Waals surface area contributed by atoms with Crippen molar-refractivity contribution in [2.24, 2.45) is 0 Å². The summed E-state index contributed by atoms with van der Waals surface area (Å²) >= 11 is 7.95. The van der Waals surface area contributed by atoms with Crippen LogP contribution in [0.15, 0.2) is 82.6 Å². The van der Waals surface area contributed by atoms with Gasteiger partial charge in [0.25, 0.3) is 0 Å². The van der Waals surface area contributed by atoms with Gasteiger partial charge < -0.3 is 4.98 Å². The number of aromatic amines is 1. The molecule has 3 aromatic carbocycles. The molecule has 0 atom stereocenters. The van der Waals surface area contributed by atoms with E-state index in [0.29, 0.717) is 0 Å². The zero-order chi connectivity index (χ0) is 15.6. The maximum absolute atomic E-state index is 6.29. The van der Waals surface area contributed by atoms with E-state index in [0.717, 1.165) is 37.2 Å². The fourth-order valence-electron chi connectivity index (χ4n) is 2.48. The van der Waals surface area contributed by atoms with E-state index in [1.165, 1.54) is 0 Å². The minimum absolute atomic E-state index is 0.761. The van der Waals surface area contributed by atoms with Gasteiger partial charge >= 0.3 is 0 Å². The molecule has 1 aromatic heterocycles. The molecular formula is C19H13ClN2S. The van der Waals surface area contributed by atoms with Gasteiger partial charge in [-0.25, -0.2) is 4.98 Å². The van der Waals surface area contributed by atoms with E-state index in [1.54, 1.807) is 11.8 Å². The number of hydrogen-bond donors (Lipinski definition) is 1. The first kappa shape index (κ1) is 14.4. The first-order chi connectivity index (χ1) is 11.3. The van der Waals surface area contributed by atoms with Gasteiger partial charge in [0.15, 0.2) is 0 Å². The zero-order valence-electron chi connectivity index (χ0n) is 12.2. The number of para-hydroxylation sites is 2. The molecule has 0 fully saturated rings. The quantitative estimate of drug-likeness (QED) is 0.494. The highest BCUT2D eigenvalue weighted by Gasteiger charge is 2.11. The molecule has 0 radical (unpaired) electrons. The summed E-state index contributed by atoms with van der Waals surface area (Å²) in [6.07, 6.45) is 0. The Morgan fingerprint density at radius 1 is 0.783 bits per heavy atom. The van der Waals surface area contributed by atoms with Crippen molar-refractivity contribution in [3.8, 4) is 11.4 Å². The Bertz CT molecular complexity index is 945. The third kappa shape index (κ3) is 2.85. The van der Waals surface area contributed by atoms with Gasteiger partial charge in [-0.1, -0.05) is 65.8 Å². The van der Waals surface area contributed by atoms with E-state index < -0.39 is 0 Å². The summed E-state index contributed by atoms with van der Waals surface area (Å²) in [6, 6.07) is 24.2. The predicted octanol–water partition coefficient (Wildman–Crippen LogP) is 6.03. The van der Waals surface area contributed by atoms with Crippen LogP contribution in [0.1, 0.15) is 0 Å². The van der Waals surface area contributed by atoms with Crippen LogP contribution < -0.4 is 0 Å². The van der Waals surface area contributed by atoms with Crippen LogP contribution in [0, 0.1) is 0 Å². The summed E-state index contributed by atoms with van der Waals surface area (Å²) in [5.74, 6) is 0.876. The Labute approximate surface area is 143 Å². The van der Waals surface area contributed by atoms with Gasteiger partial charge in [-0.15, -0.1) is 0 Å². The van der Waals surface area contributed by atoms with Crippen molar-refractivity contribution in [1.29, 1.82) is 0 Å². The van der Waals surface area contributed by atoms with Crippen molar-refractivity contribution in [3.63, 3.8) is 0 Å². The number of imidazole rings is 1. The summed E-state index contributed by atoms with van der Waals surface area (Å²) in [7, 11) is 0. The maximum atomic E-state index is 6.29. The van der Waals surface area contributed by atoms with Crippen molar-refractivity contribution in [3.05, 3.63) is 77.8 Å². The lowest BCUT2D eigenvalue weighted by Gasteiger charge is -2.08. The second-order valence-electron chi connectivity index (χ2n) is 5.13. The Morgan fingerprint density at radius 3 is 2.30 bits per heavy atom. The van der Waals surface area contributed by atoms with Crippen LogP contribution in [0.5, 0.6) is 0 Å². The molecule has 0 aliphatic heterocycles. The van der Waals surface area contributed by atoms with Gasteiger partial charge in [-0.3, -0.25) is 0 Å². The number of H-pyrrole nitrogens is 1. The molecule has 4 heteroatoms. The fourth-order valence-corrected chi connectivity index (χ4v) is 3.70. The topological polar surface area (TPSA) is 28.7 Å². The number of benzene rings is 3. The van der Waals surface area contributed by atoms with Gasteiger partial charge in [-0.05, 0) is 30.3 Å². The molecule has 0 spiro atoms. The fraction of sp³-hybridized carbons (Fsp3) is 0. The highest BCUT2D eigenvalue weighted by molar-refractivity contribution is 7.99. The van der Waals surface area contributed by atoms with Crippen LogP contribution in [0.4, 0.5) is 0 Å². The molecule has 1 heterocycles. The maximum Gasteiger partial charge on any atom is 0.139 e. The molecule has 112 valence electrons. The number of halogens is 1. The third-order valence-corrected chi connectivity index (χ3v) is 5.18. The van der Waals surface area contributed by atoms with Gasteiger partial charge in [-0.2, -0.15) is 0 Å². The molecule has 1 N–H and O–H groups in total. The number of nitrogens with zero attached hydrogens (tertiary/aromatic N) is 1. The highest BCUT2D eigenvalue weighted by Crippen LogP contribution is 2.38. The molecular weight excluding hydrogens is 324 g/mol. The van der Waals surface area contributed by atoms with E-state index in [2.05, 4.69) is 17.1 Å². The van der Waals surface area contributed by atoms with E-state index in [4.69, 9.17) is 16.6 Å². The molecule has 4 rings (SSSR count). The van der Waals surface area contributed by atoms with Gasteiger partial charge in [0.1, 0.15) is 5.82 Å². The smallest absolute Gasteiger partial charge is 0.139 e. The van der Waals surface area contributed by atoms with E-state index in [-0.39, 0.29) is 0 Å². The summed E-state index contributed by atoms with van der Waals surface area (Å²) in [4.78, 5) is 10.3. The zero-order valence-corrected chi connectivity index (χ0v) is 13.7. The molecule has 0 saturated heterocycles. The first-order valence-corrected chi connectivity index (χ1v) is 8.47. The van der Waals surface area contributed by atoms with Crippen molar-refractivity contribution in [2.75, 3.05) is 0 Å². The van der Waals surface area contributed by atoms with E-state index >= 15 is 0 Å². The Kier molecular flexibility index (Phi) is 3.82. The molecule has 23 heavy (non-hydrogen) atoms. The molecule has 0 bridgehead atoms. The first-order valence-electron chi connectivity index (χ1n) is 7.28. The van der Waals surface area contributed by atoms with Crippen molar-refractivity contribution < 1.29 is 0 Å². The van der Waals surface area contributed by atoms with Crippen LogP contribution in [-0.4, -0.2) is 9.97 Å². The molecule has 4 aromatic rings. The number of rotatable bonds is 3. The number of fused-ring (bicyclic) bond motifs is 1. The lowest BCUT2D eigenvalue weighted by atomic mass is 10.2. The average molecular weight is 337 g/mol. The van der Waals surface area contributed by atoms with Gasteiger partial charge in [0.05, 0.1) is 16.1 Å². The van der Waals surface area contributed by atoms with Crippen LogP contribution in [0.2, 0.25) is 5.02 Å². The normalized spacial score (nSPS) is 11.0. The Hall–Kier alpha value is -2.23. The molecule has 0 saturated carbocycles. The van der Waals surface area contributed by atoms with Crippen LogP contribution >= 0.6 is 23.4 Å².